The second-order valence-electron chi connectivity index (χ2n) is 4.16. The van der Waals surface area contributed by atoms with E-state index in [-0.39, 0.29) is 11.5 Å². The highest BCUT2D eigenvalue weighted by Crippen LogP contribution is 2.17. The van der Waals surface area contributed by atoms with Crippen LogP contribution in [0.15, 0.2) is 22.7 Å². The molecule has 0 spiro atoms. The van der Waals surface area contributed by atoms with E-state index in [9.17, 15) is 9.18 Å². The molecule has 2 nitrogen and oxygen atoms in total. The number of hydrogen-bond donors (Lipinski definition) is 1. The summed E-state index contributed by atoms with van der Waals surface area (Å²) in [7, 11) is 0. The molecule has 0 saturated heterocycles. The van der Waals surface area contributed by atoms with Crippen LogP contribution < -0.4 is 5.32 Å². The van der Waals surface area contributed by atoms with Crippen LogP contribution in [-0.2, 0) is 0 Å². The van der Waals surface area contributed by atoms with Gasteiger partial charge in [-0.05, 0) is 31.5 Å². The molecule has 0 bridgehead atoms. The van der Waals surface area contributed by atoms with Crippen LogP contribution in [-0.4, -0.2) is 17.3 Å². The maximum Gasteiger partial charge on any atom is 0.251 e. The first-order valence-corrected chi connectivity index (χ1v) is 6.57. The van der Waals surface area contributed by atoms with Gasteiger partial charge in [0.05, 0.1) is 5.54 Å². The molecular formula is C12H14BrClFNO. The lowest BCUT2D eigenvalue weighted by atomic mass is 10.0. The Hall–Kier alpha value is -0.610. The van der Waals surface area contributed by atoms with Gasteiger partial charge < -0.3 is 5.32 Å². The van der Waals surface area contributed by atoms with Crippen LogP contribution in [0.25, 0.3) is 0 Å². The molecule has 1 aromatic rings. The molecule has 0 aliphatic rings. The van der Waals surface area contributed by atoms with E-state index in [0.717, 1.165) is 0 Å². The number of hydrogen-bond acceptors (Lipinski definition) is 1. The summed E-state index contributed by atoms with van der Waals surface area (Å²) in [4.78, 5) is 11.9. The summed E-state index contributed by atoms with van der Waals surface area (Å²) in [5.74, 6) is -0.463. The molecule has 1 N–H and O–H groups in total. The average Bonchev–Trinajstić information content (AvgIpc) is 2.27. The Morgan fingerprint density at radius 1 is 1.53 bits per heavy atom. The third-order valence-electron chi connectivity index (χ3n) is 2.62. The van der Waals surface area contributed by atoms with E-state index < -0.39 is 11.4 Å². The van der Waals surface area contributed by atoms with E-state index in [0.29, 0.717) is 16.8 Å². The van der Waals surface area contributed by atoms with Crippen molar-refractivity contribution < 1.29 is 9.18 Å². The van der Waals surface area contributed by atoms with Gasteiger partial charge in [-0.1, -0.05) is 22.9 Å². The molecular weight excluding hydrogens is 308 g/mol. The number of carbonyl (C=O) groups is 1. The smallest absolute Gasteiger partial charge is 0.251 e. The van der Waals surface area contributed by atoms with E-state index in [2.05, 4.69) is 21.2 Å². The van der Waals surface area contributed by atoms with Crippen LogP contribution in [0.5, 0.6) is 0 Å². The standard InChI is InChI=1S/C12H14BrClFNO/c1-3-12(2,7-14)16-11(17)8-4-9(13)6-10(15)5-8/h4-6H,3,7H2,1-2H3,(H,16,17). The maximum atomic E-state index is 13.1. The minimum Gasteiger partial charge on any atom is -0.346 e. The number of benzene rings is 1. The summed E-state index contributed by atoms with van der Waals surface area (Å²) in [6, 6.07) is 4.07. The van der Waals surface area contributed by atoms with E-state index in [4.69, 9.17) is 11.6 Å². The molecule has 1 rings (SSSR count). The zero-order valence-electron chi connectivity index (χ0n) is 9.69. The van der Waals surface area contributed by atoms with Crippen LogP contribution >= 0.6 is 27.5 Å². The van der Waals surface area contributed by atoms with Gasteiger partial charge in [-0.3, -0.25) is 4.79 Å². The number of carbonyl (C=O) groups excluding carboxylic acids is 1. The summed E-state index contributed by atoms with van der Waals surface area (Å²) < 4.78 is 13.7. The maximum absolute atomic E-state index is 13.1. The third kappa shape index (κ3) is 3.96. The molecule has 17 heavy (non-hydrogen) atoms. The Kier molecular flexibility index (Phi) is 4.95. The second-order valence-corrected chi connectivity index (χ2v) is 5.34. The highest BCUT2D eigenvalue weighted by molar-refractivity contribution is 9.10. The van der Waals surface area contributed by atoms with Gasteiger partial charge in [-0.15, -0.1) is 11.6 Å². The largest absolute Gasteiger partial charge is 0.346 e. The molecule has 0 aliphatic carbocycles. The van der Waals surface area contributed by atoms with Gasteiger partial charge >= 0.3 is 0 Å². The zero-order valence-corrected chi connectivity index (χ0v) is 12.0. The molecule has 0 radical (unpaired) electrons. The van der Waals surface area contributed by atoms with Gasteiger partial charge in [0, 0.05) is 15.9 Å². The number of alkyl halides is 1. The van der Waals surface area contributed by atoms with Crippen molar-refractivity contribution in [3.8, 4) is 0 Å². The minimum absolute atomic E-state index is 0.279. The predicted octanol–water partition coefficient (Wildman–Crippen LogP) is 3.73. The number of amides is 1. The fourth-order valence-electron chi connectivity index (χ4n) is 1.25. The van der Waals surface area contributed by atoms with Crippen LogP contribution in [0.4, 0.5) is 4.39 Å². The summed E-state index contributed by atoms with van der Waals surface area (Å²) in [6.07, 6.45) is 0.707. The van der Waals surface area contributed by atoms with Crippen LogP contribution in [0.3, 0.4) is 0 Å². The molecule has 1 unspecified atom stereocenters. The van der Waals surface area contributed by atoms with E-state index >= 15 is 0 Å². The Labute approximate surface area is 114 Å². The summed E-state index contributed by atoms with van der Waals surface area (Å²) in [5, 5.41) is 2.81. The predicted molar refractivity (Wildman–Crippen MR) is 71.0 cm³/mol. The van der Waals surface area contributed by atoms with Gasteiger partial charge in [0.1, 0.15) is 5.82 Å². The highest BCUT2D eigenvalue weighted by atomic mass is 79.9. The first-order valence-electron chi connectivity index (χ1n) is 5.25. The second kappa shape index (κ2) is 5.83. The van der Waals surface area contributed by atoms with Gasteiger partial charge in [0.15, 0.2) is 0 Å². The van der Waals surface area contributed by atoms with Crippen molar-refractivity contribution in [3.63, 3.8) is 0 Å². The lowest BCUT2D eigenvalue weighted by Crippen LogP contribution is -2.47. The van der Waals surface area contributed by atoms with Crippen LogP contribution in [0.2, 0.25) is 0 Å². The van der Waals surface area contributed by atoms with Crippen molar-refractivity contribution in [2.24, 2.45) is 0 Å². The van der Waals surface area contributed by atoms with Crippen molar-refractivity contribution in [2.75, 3.05) is 5.88 Å². The first-order chi connectivity index (χ1) is 7.90. The van der Waals surface area contributed by atoms with Gasteiger partial charge in [0.2, 0.25) is 0 Å². The Balaban J connectivity index is 2.90. The normalized spacial score (nSPS) is 14.2. The van der Waals surface area contributed by atoms with Crippen molar-refractivity contribution in [2.45, 2.75) is 25.8 Å². The van der Waals surface area contributed by atoms with Crippen molar-refractivity contribution in [1.82, 2.24) is 5.32 Å². The summed E-state index contributed by atoms with van der Waals surface area (Å²) in [6.45, 7) is 3.79. The average molecular weight is 323 g/mol. The monoisotopic (exact) mass is 321 g/mol. The van der Waals surface area contributed by atoms with E-state index in [1.54, 1.807) is 6.07 Å². The molecule has 0 heterocycles. The molecule has 1 aromatic carbocycles. The number of nitrogens with one attached hydrogen (secondary N) is 1. The zero-order chi connectivity index (χ0) is 13.1. The summed E-state index contributed by atoms with van der Waals surface area (Å²) >= 11 is 8.95. The van der Waals surface area contributed by atoms with Crippen LogP contribution in [0.1, 0.15) is 30.6 Å². The molecule has 94 valence electrons. The molecule has 5 heteroatoms. The van der Waals surface area contributed by atoms with E-state index in [1.165, 1.54) is 12.1 Å². The molecule has 1 amide bonds. The Morgan fingerprint density at radius 2 is 2.18 bits per heavy atom. The minimum atomic E-state index is -0.475. The van der Waals surface area contributed by atoms with Gasteiger partial charge in [-0.25, -0.2) is 4.39 Å². The fourth-order valence-corrected chi connectivity index (χ4v) is 1.97. The SMILES string of the molecule is CCC(C)(CCl)NC(=O)c1cc(F)cc(Br)c1. The molecule has 0 saturated carbocycles. The Bertz CT molecular complexity index is 401. The quantitative estimate of drug-likeness (QED) is 0.841. The van der Waals surface area contributed by atoms with Gasteiger partial charge in [0.25, 0.3) is 5.91 Å². The lowest BCUT2D eigenvalue weighted by Gasteiger charge is -2.27. The number of rotatable bonds is 4. The molecule has 0 fully saturated rings. The summed E-state index contributed by atoms with van der Waals surface area (Å²) in [5.41, 5.74) is -0.195. The first kappa shape index (κ1) is 14.5. The molecule has 0 aromatic heterocycles. The van der Waals surface area contributed by atoms with Crippen molar-refractivity contribution >= 4 is 33.4 Å². The molecule has 0 aliphatic heterocycles. The topological polar surface area (TPSA) is 29.1 Å². The van der Waals surface area contributed by atoms with Crippen molar-refractivity contribution in [1.29, 1.82) is 0 Å². The van der Waals surface area contributed by atoms with Gasteiger partial charge in [-0.2, -0.15) is 0 Å². The van der Waals surface area contributed by atoms with Crippen LogP contribution in [0, 0.1) is 5.82 Å². The van der Waals surface area contributed by atoms with Crippen molar-refractivity contribution in [3.05, 3.63) is 34.1 Å². The third-order valence-corrected chi connectivity index (χ3v) is 3.66. The van der Waals surface area contributed by atoms with E-state index in [1.807, 2.05) is 13.8 Å². The number of halogens is 3. The Morgan fingerprint density at radius 3 is 2.65 bits per heavy atom. The highest BCUT2D eigenvalue weighted by Gasteiger charge is 2.23. The molecule has 1 atom stereocenters. The fraction of sp³-hybridized carbons (Fsp3) is 0.417. The lowest BCUT2D eigenvalue weighted by molar-refractivity contribution is 0.0912.